The maximum absolute atomic E-state index is 8.79. The third-order valence-corrected chi connectivity index (χ3v) is 1.86. The van der Waals surface area contributed by atoms with Crippen LogP contribution in [0, 0.1) is 68.1 Å². The molecule has 0 heterocycles. The van der Waals surface area contributed by atoms with Crippen LogP contribution in [0.4, 0.5) is 0 Å². The molecule has 66 valence electrons. The van der Waals surface area contributed by atoms with E-state index < -0.39 is 5.41 Å². The van der Waals surface area contributed by atoms with Crippen molar-refractivity contribution in [2.45, 2.75) is 0 Å². The minimum atomic E-state index is -1.91. The average molecular weight is 213 g/mol. The number of nitrogens with zero attached hydrogens (tertiary/aromatic N) is 5. The van der Waals surface area contributed by atoms with Gasteiger partial charge < -0.3 is 0 Å². The molecule has 1 aliphatic carbocycles. The molecule has 0 amide bonds. The molecular weight excluding hydrogens is 213 g/mol. The summed E-state index contributed by atoms with van der Waals surface area (Å²) in [6.07, 6.45) is 2.27. The topological polar surface area (TPSA) is 119 Å². The van der Waals surface area contributed by atoms with Crippen molar-refractivity contribution in [1.82, 2.24) is 0 Å². The van der Waals surface area contributed by atoms with E-state index in [-0.39, 0.29) is 46.3 Å². The van der Waals surface area contributed by atoms with Crippen LogP contribution in [0.2, 0.25) is 0 Å². The number of nitriles is 5. The Morgan fingerprint density at radius 3 is 1.75 bits per heavy atom. The SMILES string of the molecule is N#CC1=[C-]C(C#N)(C#N)C(C#N)=C1C#N.[Na+]. The zero-order valence-electron chi connectivity index (χ0n) is 8.24. The van der Waals surface area contributed by atoms with Crippen molar-refractivity contribution in [3.05, 3.63) is 22.8 Å². The molecule has 5 nitrogen and oxygen atoms in total. The molecule has 0 radical (unpaired) electrons. The van der Waals surface area contributed by atoms with Gasteiger partial charge >= 0.3 is 29.6 Å². The second-order valence-corrected chi connectivity index (χ2v) is 2.56. The fourth-order valence-corrected chi connectivity index (χ4v) is 1.15. The van der Waals surface area contributed by atoms with Crippen molar-refractivity contribution in [2.75, 3.05) is 0 Å². The summed E-state index contributed by atoms with van der Waals surface area (Å²) in [6.45, 7) is 0. The molecule has 1 aliphatic rings. The normalized spacial score (nSPS) is 15.3. The molecule has 1 rings (SSSR count). The summed E-state index contributed by atoms with van der Waals surface area (Å²) in [5.74, 6) is 0. The summed E-state index contributed by atoms with van der Waals surface area (Å²) in [5.41, 5.74) is -2.71. The van der Waals surface area contributed by atoms with Gasteiger partial charge in [0, 0.05) is 11.6 Å². The minimum Gasteiger partial charge on any atom is -0.285 e. The van der Waals surface area contributed by atoms with Crippen LogP contribution in [0.15, 0.2) is 16.7 Å². The third kappa shape index (κ3) is 1.70. The van der Waals surface area contributed by atoms with Gasteiger partial charge in [-0.3, -0.25) is 5.26 Å². The molecule has 6 heteroatoms. The molecule has 0 aromatic rings. The number of allylic oxidation sites excluding steroid dienone is 4. The molecule has 0 atom stereocenters. The van der Waals surface area contributed by atoms with Crippen molar-refractivity contribution >= 4 is 0 Å². The Morgan fingerprint density at radius 1 is 0.875 bits per heavy atom. The zero-order valence-corrected chi connectivity index (χ0v) is 10.2. The van der Waals surface area contributed by atoms with Gasteiger partial charge in [-0.15, -0.1) is 11.6 Å². The second kappa shape index (κ2) is 5.14. The molecule has 0 unspecified atom stereocenters. The molecule has 0 N–H and O–H groups in total. The largest absolute Gasteiger partial charge is 1.00 e. The van der Waals surface area contributed by atoms with E-state index in [0.29, 0.717) is 0 Å². The van der Waals surface area contributed by atoms with E-state index in [2.05, 4.69) is 6.08 Å². The van der Waals surface area contributed by atoms with Crippen molar-refractivity contribution in [2.24, 2.45) is 5.41 Å². The predicted molar refractivity (Wildman–Crippen MR) is 44.3 cm³/mol. The monoisotopic (exact) mass is 213 g/mol. The van der Waals surface area contributed by atoms with Crippen LogP contribution in [0.25, 0.3) is 0 Å². The van der Waals surface area contributed by atoms with Gasteiger partial charge in [0.05, 0.1) is 18.2 Å². The van der Waals surface area contributed by atoms with Gasteiger partial charge in [-0.2, -0.15) is 15.8 Å². The van der Waals surface area contributed by atoms with Gasteiger partial charge in [-0.05, 0) is 5.57 Å². The Hall–Kier alpha value is -2.07. The van der Waals surface area contributed by atoms with E-state index in [1.807, 2.05) is 0 Å². The van der Waals surface area contributed by atoms with Gasteiger partial charge in [-0.1, -0.05) is 6.07 Å². The second-order valence-electron chi connectivity index (χ2n) is 2.56. The summed E-state index contributed by atoms with van der Waals surface area (Å²) < 4.78 is 0. The fraction of sp³-hybridized carbons (Fsp3) is 0.100. The molecular formula is C10N5Na. The number of hydrogen-bond donors (Lipinski definition) is 0. The van der Waals surface area contributed by atoms with Gasteiger partial charge in [-0.25, -0.2) is 5.26 Å². The van der Waals surface area contributed by atoms with Crippen molar-refractivity contribution in [1.29, 1.82) is 26.3 Å². The van der Waals surface area contributed by atoms with Crippen LogP contribution in [-0.4, -0.2) is 0 Å². The average Bonchev–Trinajstić information content (AvgIpc) is 2.62. The summed E-state index contributed by atoms with van der Waals surface area (Å²) in [4.78, 5) is 0. The maximum Gasteiger partial charge on any atom is 1.00 e. The standard InChI is InChI=1S/C10N5.Na/c11-2-7-1-10(5-14,6-15)9(4-13)8(7)3-12;/q-1;+1. The number of hydrogen-bond acceptors (Lipinski definition) is 5. The molecule has 0 aromatic heterocycles. The summed E-state index contributed by atoms with van der Waals surface area (Å²) in [6, 6.07) is 8.01. The van der Waals surface area contributed by atoms with Crippen LogP contribution < -0.4 is 29.6 Å². The molecule has 16 heavy (non-hydrogen) atoms. The first-order valence-corrected chi connectivity index (χ1v) is 3.62. The first kappa shape index (κ1) is 13.9. The van der Waals surface area contributed by atoms with Gasteiger partial charge in [0.1, 0.15) is 5.41 Å². The van der Waals surface area contributed by atoms with E-state index in [1.54, 1.807) is 30.3 Å². The molecule has 0 spiro atoms. The van der Waals surface area contributed by atoms with Crippen LogP contribution in [0.3, 0.4) is 0 Å². The summed E-state index contributed by atoms with van der Waals surface area (Å²) in [5, 5.41) is 43.7. The first-order valence-electron chi connectivity index (χ1n) is 3.62. The molecule has 0 aromatic carbocycles. The van der Waals surface area contributed by atoms with E-state index in [0.717, 1.165) is 0 Å². The van der Waals surface area contributed by atoms with Gasteiger partial charge in [0.15, 0.2) is 0 Å². The third-order valence-electron chi connectivity index (χ3n) is 1.86. The first-order chi connectivity index (χ1) is 7.18. The molecule has 0 bridgehead atoms. The quantitative estimate of drug-likeness (QED) is 0.329. The molecule has 0 saturated carbocycles. The van der Waals surface area contributed by atoms with Gasteiger partial charge in [0.25, 0.3) is 0 Å². The Kier molecular flexibility index (Phi) is 4.47. The van der Waals surface area contributed by atoms with E-state index in [4.69, 9.17) is 26.3 Å². The Balaban J connectivity index is 0.00000225. The molecule has 0 fully saturated rings. The Bertz CT molecular complexity index is 578. The number of rotatable bonds is 0. The predicted octanol–water partition coefficient (Wildman–Crippen LogP) is -2.37. The minimum absolute atomic E-state index is 0. The van der Waals surface area contributed by atoms with E-state index >= 15 is 0 Å². The van der Waals surface area contributed by atoms with Crippen LogP contribution in [0.5, 0.6) is 0 Å². The van der Waals surface area contributed by atoms with Gasteiger partial charge in [0.2, 0.25) is 0 Å². The van der Waals surface area contributed by atoms with Crippen molar-refractivity contribution in [3.8, 4) is 30.3 Å². The van der Waals surface area contributed by atoms with Crippen molar-refractivity contribution < 1.29 is 29.6 Å². The zero-order chi connectivity index (χ0) is 11.5. The van der Waals surface area contributed by atoms with Crippen LogP contribution in [-0.2, 0) is 0 Å². The van der Waals surface area contributed by atoms with E-state index in [1.165, 1.54) is 0 Å². The maximum atomic E-state index is 8.79. The summed E-state index contributed by atoms with van der Waals surface area (Å²) >= 11 is 0. The molecule has 0 saturated heterocycles. The van der Waals surface area contributed by atoms with Crippen molar-refractivity contribution in [3.63, 3.8) is 0 Å². The Labute approximate surface area is 114 Å². The smallest absolute Gasteiger partial charge is 0.285 e. The summed E-state index contributed by atoms with van der Waals surface area (Å²) in [7, 11) is 0. The molecule has 0 aliphatic heterocycles. The fourth-order valence-electron chi connectivity index (χ4n) is 1.15. The van der Waals surface area contributed by atoms with E-state index in [9.17, 15) is 0 Å². The van der Waals surface area contributed by atoms with Crippen LogP contribution >= 0.6 is 0 Å². The Morgan fingerprint density at radius 2 is 1.44 bits per heavy atom. The van der Waals surface area contributed by atoms with Crippen LogP contribution in [0.1, 0.15) is 0 Å².